The van der Waals surface area contributed by atoms with E-state index in [1.165, 1.54) is 5.69 Å². The predicted molar refractivity (Wildman–Crippen MR) is 62.9 cm³/mol. The van der Waals surface area contributed by atoms with Crippen LogP contribution in [0.15, 0.2) is 24.3 Å². The highest BCUT2D eigenvalue weighted by Crippen LogP contribution is 2.13. The van der Waals surface area contributed by atoms with Crippen molar-refractivity contribution in [1.82, 2.24) is 0 Å². The minimum Gasteiger partial charge on any atom is -0.447 e. The number of hydrogen-bond acceptors (Lipinski definition) is 3. The van der Waals surface area contributed by atoms with Gasteiger partial charge in [-0.15, -0.1) is 0 Å². The molecule has 0 amide bonds. The summed E-state index contributed by atoms with van der Waals surface area (Å²) in [6, 6.07) is 8.09. The van der Waals surface area contributed by atoms with Gasteiger partial charge in [0.1, 0.15) is 0 Å². The summed E-state index contributed by atoms with van der Waals surface area (Å²) in [5.74, 6) is 0. The first-order valence-corrected chi connectivity index (χ1v) is 5.38. The fourth-order valence-electron chi connectivity index (χ4n) is 1.79. The second-order valence-electron chi connectivity index (χ2n) is 3.87. The number of rotatable bonds is 2. The topological polar surface area (TPSA) is 32.7 Å². The number of hydrogen-bond donors (Lipinski definition) is 1. The molecule has 1 aliphatic heterocycles. The molecule has 4 heteroatoms. The Balaban J connectivity index is 2.08. The zero-order valence-corrected chi connectivity index (χ0v) is 9.02. The summed E-state index contributed by atoms with van der Waals surface area (Å²) in [7, 11) is 0. The van der Waals surface area contributed by atoms with Gasteiger partial charge in [0.2, 0.25) is 0 Å². The molecule has 0 saturated carbocycles. The maximum absolute atomic E-state index is 9.39. The summed E-state index contributed by atoms with van der Waals surface area (Å²) in [5.41, 5.74) is 2.18. The molecule has 1 N–H and O–H groups in total. The van der Waals surface area contributed by atoms with Crippen molar-refractivity contribution in [2.45, 2.75) is 6.82 Å². The van der Waals surface area contributed by atoms with E-state index in [0.29, 0.717) is 0 Å². The van der Waals surface area contributed by atoms with E-state index in [4.69, 9.17) is 4.74 Å². The molecule has 1 fully saturated rings. The summed E-state index contributed by atoms with van der Waals surface area (Å²) in [4.78, 5) is 2.30. The van der Waals surface area contributed by atoms with E-state index in [0.717, 1.165) is 31.8 Å². The van der Waals surface area contributed by atoms with Gasteiger partial charge in [-0.2, -0.15) is 0 Å². The zero-order chi connectivity index (χ0) is 10.7. The third-order valence-electron chi connectivity index (χ3n) is 2.75. The average molecular weight is 205 g/mol. The van der Waals surface area contributed by atoms with Crippen molar-refractivity contribution < 1.29 is 9.76 Å². The van der Waals surface area contributed by atoms with Gasteiger partial charge in [-0.1, -0.05) is 19.0 Å². The van der Waals surface area contributed by atoms with E-state index < -0.39 is 0 Å². The van der Waals surface area contributed by atoms with E-state index in [1.54, 1.807) is 6.82 Å². The number of nitrogens with zero attached hydrogens (tertiary/aromatic N) is 1. The molecule has 1 aromatic carbocycles. The van der Waals surface area contributed by atoms with Gasteiger partial charge in [-0.05, 0) is 17.6 Å². The normalized spacial score (nSPS) is 16.5. The first-order valence-electron chi connectivity index (χ1n) is 5.38. The zero-order valence-electron chi connectivity index (χ0n) is 9.02. The summed E-state index contributed by atoms with van der Waals surface area (Å²) in [6.45, 7) is 4.91. The fraction of sp³-hybridized carbons (Fsp3) is 0.455. The molecule has 0 spiro atoms. The second kappa shape index (κ2) is 4.68. The fourth-order valence-corrected chi connectivity index (χ4v) is 1.79. The lowest BCUT2D eigenvalue weighted by atomic mass is 9.64. The van der Waals surface area contributed by atoms with Gasteiger partial charge in [0.25, 0.3) is 0 Å². The molecule has 0 atom stereocenters. The summed E-state index contributed by atoms with van der Waals surface area (Å²) < 4.78 is 5.30. The third-order valence-corrected chi connectivity index (χ3v) is 2.75. The number of morpholine rings is 1. The molecule has 0 unspecified atom stereocenters. The van der Waals surface area contributed by atoms with Crippen molar-refractivity contribution in [3.8, 4) is 0 Å². The lowest BCUT2D eigenvalue weighted by molar-refractivity contribution is 0.122. The van der Waals surface area contributed by atoms with Gasteiger partial charge < -0.3 is 14.7 Å². The summed E-state index contributed by atoms with van der Waals surface area (Å²) in [5, 5.41) is 9.39. The Labute approximate surface area is 90.8 Å². The monoisotopic (exact) mass is 205 g/mol. The second-order valence-corrected chi connectivity index (χ2v) is 3.87. The molecule has 1 aliphatic rings. The highest BCUT2D eigenvalue weighted by molar-refractivity contribution is 6.64. The van der Waals surface area contributed by atoms with Crippen molar-refractivity contribution in [3.63, 3.8) is 0 Å². The largest absolute Gasteiger partial charge is 0.447 e. The minimum absolute atomic E-state index is 0.385. The van der Waals surface area contributed by atoms with E-state index >= 15 is 0 Å². The van der Waals surface area contributed by atoms with Crippen molar-refractivity contribution in [1.29, 1.82) is 0 Å². The number of benzene rings is 1. The van der Waals surface area contributed by atoms with Crippen LogP contribution in [-0.4, -0.2) is 38.2 Å². The quantitative estimate of drug-likeness (QED) is 0.707. The van der Waals surface area contributed by atoms with Crippen molar-refractivity contribution in [3.05, 3.63) is 24.3 Å². The van der Waals surface area contributed by atoms with Gasteiger partial charge in [-0.25, -0.2) is 0 Å². The van der Waals surface area contributed by atoms with E-state index in [2.05, 4.69) is 17.0 Å². The van der Waals surface area contributed by atoms with Crippen LogP contribution in [0, 0.1) is 0 Å². The number of ether oxygens (including phenoxy) is 1. The molecular weight excluding hydrogens is 189 g/mol. The van der Waals surface area contributed by atoms with Crippen LogP contribution < -0.4 is 10.4 Å². The smallest absolute Gasteiger partial charge is 0.320 e. The molecular formula is C11H16BNO2. The molecule has 0 radical (unpaired) electrons. The minimum atomic E-state index is -0.385. The van der Waals surface area contributed by atoms with E-state index in [9.17, 15) is 5.02 Å². The molecule has 0 aromatic heterocycles. The van der Waals surface area contributed by atoms with Crippen LogP contribution >= 0.6 is 0 Å². The Bertz CT molecular complexity index is 307. The Hall–Kier alpha value is -0.995. The van der Waals surface area contributed by atoms with Gasteiger partial charge in [0.05, 0.1) is 13.2 Å². The molecule has 0 bridgehead atoms. The van der Waals surface area contributed by atoms with E-state index in [-0.39, 0.29) is 6.92 Å². The summed E-state index contributed by atoms with van der Waals surface area (Å²) >= 11 is 0. The first-order chi connectivity index (χ1) is 7.27. The average Bonchev–Trinajstić information content (AvgIpc) is 2.30. The Morgan fingerprint density at radius 3 is 2.33 bits per heavy atom. The number of anilines is 1. The van der Waals surface area contributed by atoms with Gasteiger partial charge in [0, 0.05) is 18.8 Å². The highest BCUT2D eigenvalue weighted by Gasteiger charge is 2.12. The Morgan fingerprint density at radius 1 is 1.20 bits per heavy atom. The van der Waals surface area contributed by atoms with Crippen LogP contribution in [0.1, 0.15) is 0 Å². The molecule has 1 saturated heterocycles. The SMILES string of the molecule is CB(O)c1ccc(N2CCOCC2)cc1. The summed E-state index contributed by atoms with van der Waals surface area (Å²) in [6.07, 6.45) is 0. The van der Waals surface area contributed by atoms with Gasteiger partial charge in [0.15, 0.2) is 0 Å². The van der Waals surface area contributed by atoms with E-state index in [1.807, 2.05) is 12.1 Å². The van der Waals surface area contributed by atoms with Crippen LogP contribution in [-0.2, 0) is 4.74 Å². The van der Waals surface area contributed by atoms with Crippen molar-refractivity contribution in [2.24, 2.45) is 0 Å². The molecule has 80 valence electrons. The van der Waals surface area contributed by atoms with Crippen molar-refractivity contribution >= 4 is 18.1 Å². The molecule has 1 heterocycles. The van der Waals surface area contributed by atoms with Gasteiger partial charge >= 0.3 is 6.92 Å². The van der Waals surface area contributed by atoms with Gasteiger partial charge in [-0.3, -0.25) is 0 Å². The first kappa shape index (κ1) is 10.5. The maximum Gasteiger partial charge on any atom is 0.320 e. The van der Waals surface area contributed by atoms with Crippen LogP contribution in [0.2, 0.25) is 6.82 Å². The standard InChI is InChI=1S/C11H16BNO2/c1-12(14)10-2-4-11(5-3-10)13-6-8-15-9-7-13/h2-5,14H,6-9H2,1H3. The van der Waals surface area contributed by atoms with Crippen LogP contribution in [0.5, 0.6) is 0 Å². The lowest BCUT2D eigenvalue weighted by Gasteiger charge is -2.28. The van der Waals surface area contributed by atoms with Crippen LogP contribution in [0.25, 0.3) is 0 Å². The molecule has 0 aliphatic carbocycles. The maximum atomic E-state index is 9.39. The molecule has 1 aromatic rings. The predicted octanol–water partition coefficient (Wildman–Crippen LogP) is 0.344. The van der Waals surface area contributed by atoms with Crippen LogP contribution in [0.4, 0.5) is 5.69 Å². The molecule has 3 nitrogen and oxygen atoms in total. The van der Waals surface area contributed by atoms with Crippen LogP contribution in [0.3, 0.4) is 0 Å². The Kier molecular flexibility index (Phi) is 3.28. The Morgan fingerprint density at radius 2 is 1.80 bits per heavy atom. The molecule has 15 heavy (non-hydrogen) atoms. The lowest BCUT2D eigenvalue weighted by Crippen LogP contribution is -2.36. The highest BCUT2D eigenvalue weighted by atomic mass is 16.5. The van der Waals surface area contributed by atoms with Crippen molar-refractivity contribution in [2.75, 3.05) is 31.2 Å². The third kappa shape index (κ3) is 2.52. The molecule has 2 rings (SSSR count).